The number of carbonyl (C=O) groups is 2. The molecule has 2 aliphatic heterocycles. The quantitative estimate of drug-likeness (QED) is 0.813. The van der Waals surface area contributed by atoms with Crippen molar-refractivity contribution in [2.75, 3.05) is 33.2 Å². The van der Waals surface area contributed by atoms with Crippen molar-refractivity contribution in [1.82, 2.24) is 15.1 Å². The molecule has 0 aromatic heterocycles. The van der Waals surface area contributed by atoms with Gasteiger partial charge in [-0.1, -0.05) is 0 Å². The van der Waals surface area contributed by atoms with Gasteiger partial charge in [-0.3, -0.25) is 9.59 Å². The van der Waals surface area contributed by atoms with Crippen LogP contribution in [-0.2, 0) is 9.59 Å². The number of likely N-dealkylation sites (tertiary alicyclic amines) is 2. The van der Waals surface area contributed by atoms with Crippen LogP contribution in [0.4, 0.5) is 13.2 Å². The highest BCUT2D eigenvalue weighted by atomic mass is 19.4. The summed E-state index contributed by atoms with van der Waals surface area (Å²) in [5.74, 6) is -2.21. The molecule has 0 spiro atoms. The summed E-state index contributed by atoms with van der Waals surface area (Å²) in [6.07, 6.45) is -3.36. The highest BCUT2D eigenvalue weighted by Crippen LogP contribution is 2.24. The minimum absolute atomic E-state index is 0.0129. The van der Waals surface area contributed by atoms with Crippen LogP contribution in [0.3, 0.4) is 0 Å². The molecular weight excluding hydrogens is 287 g/mol. The molecule has 0 radical (unpaired) electrons. The largest absolute Gasteiger partial charge is 0.471 e. The van der Waals surface area contributed by atoms with Crippen LogP contribution < -0.4 is 5.32 Å². The van der Waals surface area contributed by atoms with Gasteiger partial charge >= 0.3 is 12.1 Å². The van der Waals surface area contributed by atoms with Crippen LogP contribution in [0.2, 0.25) is 0 Å². The van der Waals surface area contributed by atoms with E-state index in [-0.39, 0.29) is 43.8 Å². The van der Waals surface area contributed by atoms with Gasteiger partial charge in [0, 0.05) is 31.6 Å². The summed E-state index contributed by atoms with van der Waals surface area (Å²) >= 11 is 0. The first kappa shape index (κ1) is 16.1. The molecule has 2 fully saturated rings. The lowest BCUT2D eigenvalue weighted by Crippen LogP contribution is -2.48. The monoisotopic (exact) mass is 307 g/mol. The highest BCUT2D eigenvalue weighted by Gasteiger charge is 2.43. The number of nitrogens with zero attached hydrogens (tertiary/aromatic N) is 2. The summed E-state index contributed by atoms with van der Waals surface area (Å²) in [5, 5.41) is 2.95. The van der Waals surface area contributed by atoms with E-state index >= 15 is 0 Å². The SMILES string of the molecule is CN1CCC(NC(=O)C2CCN(C(=O)C(F)(F)F)CC2)C1. The van der Waals surface area contributed by atoms with Crippen LogP contribution in [-0.4, -0.2) is 67.1 Å². The Morgan fingerprint density at radius 3 is 2.19 bits per heavy atom. The smallest absolute Gasteiger partial charge is 0.352 e. The molecule has 2 rings (SSSR count). The summed E-state index contributed by atoms with van der Waals surface area (Å²) in [4.78, 5) is 26.1. The molecule has 0 bridgehead atoms. The summed E-state index contributed by atoms with van der Waals surface area (Å²) in [6, 6.07) is 0.123. The number of piperidine rings is 1. The fourth-order valence-corrected chi connectivity index (χ4v) is 2.90. The van der Waals surface area contributed by atoms with Crippen molar-refractivity contribution >= 4 is 11.8 Å². The molecule has 1 unspecified atom stereocenters. The number of nitrogens with one attached hydrogen (secondary N) is 1. The number of likely N-dealkylation sites (N-methyl/N-ethyl adjacent to an activating group) is 1. The molecule has 1 atom stereocenters. The van der Waals surface area contributed by atoms with Crippen molar-refractivity contribution in [2.45, 2.75) is 31.5 Å². The van der Waals surface area contributed by atoms with E-state index in [2.05, 4.69) is 10.2 Å². The maximum Gasteiger partial charge on any atom is 0.471 e. The Hall–Kier alpha value is -1.31. The van der Waals surface area contributed by atoms with Crippen molar-refractivity contribution in [3.05, 3.63) is 0 Å². The first-order valence-electron chi connectivity index (χ1n) is 7.12. The van der Waals surface area contributed by atoms with E-state index in [4.69, 9.17) is 0 Å². The van der Waals surface area contributed by atoms with Gasteiger partial charge in [0.1, 0.15) is 0 Å². The van der Waals surface area contributed by atoms with Gasteiger partial charge in [-0.05, 0) is 32.9 Å². The molecule has 2 heterocycles. The fourth-order valence-electron chi connectivity index (χ4n) is 2.90. The minimum atomic E-state index is -4.83. The molecule has 0 aromatic carbocycles. The van der Waals surface area contributed by atoms with E-state index in [1.807, 2.05) is 7.05 Å². The number of alkyl halides is 3. The van der Waals surface area contributed by atoms with Gasteiger partial charge in [-0.25, -0.2) is 0 Å². The van der Waals surface area contributed by atoms with Gasteiger partial charge in [-0.15, -0.1) is 0 Å². The number of hydrogen-bond donors (Lipinski definition) is 1. The zero-order valence-electron chi connectivity index (χ0n) is 11.9. The Morgan fingerprint density at radius 1 is 1.10 bits per heavy atom. The van der Waals surface area contributed by atoms with Crippen molar-refractivity contribution in [3.63, 3.8) is 0 Å². The lowest BCUT2D eigenvalue weighted by Gasteiger charge is -2.32. The molecule has 0 aliphatic carbocycles. The van der Waals surface area contributed by atoms with Gasteiger partial charge in [0.15, 0.2) is 0 Å². The zero-order valence-corrected chi connectivity index (χ0v) is 11.9. The van der Waals surface area contributed by atoms with Crippen LogP contribution >= 0.6 is 0 Å². The van der Waals surface area contributed by atoms with Crippen molar-refractivity contribution in [2.24, 2.45) is 5.92 Å². The average molecular weight is 307 g/mol. The maximum atomic E-state index is 12.3. The molecule has 1 N–H and O–H groups in total. The highest BCUT2D eigenvalue weighted by molar-refractivity contribution is 5.83. The number of carbonyl (C=O) groups excluding carboxylic acids is 2. The Bertz CT molecular complexity index is 406. The number of amides is 2. The number of halogens is 3. The average Bonchev–Trinajstić information content (AvgIpc) is 2.82. The summed E-state index contributed by atoms with van der Waals surface area (Å²) < 4.78 is 37.0. The Balaban J connectivity index is 1.78. The number of hydrogen-bond acceptors (Lipinski definition) is 3. The van der Waals surface area contributed by atoms with Gasteiger partial charge in [0.2, 0.25) is 5.91 Å². The molecule has 2 aliphatic rings. The zero-order chi connectivity index (χ0) is 15.6. The summed E-state index contributed by atoms with van der Waals surface area (Å²) in [7, 11) is 1.98. The van der Waals surface area contributed by atoms with Crippen LogP contribution in [0.25, 0.3) is 0 Å². The van der Waals surface area contributed by atoms with Crippen LogP contribution in [0.1, 0.15) is 19.3 Å². The third-order valence-corrected chi connectivity index (χ3v) is 4.13. The fraction of sp³-hybridized carbons (Fsp3) is 0.846. The topological polar surface area (TPSA) is 52.7 Å². The third-order valence-electron chi connectivity index (χ3n) is 4.13. The Kier molecular flexibility index (Phi) is 4.75. The van der Waals surface area contributed by atoms with Crippen LogP contribution in [0, 0.1) is 5.92 Å². The van der Waals surface area contributed by atoms with Crippen LogP contribution in [0.15, 0.2) is 0 Å². The summed E-state index contributed by atoms with van der Waals surface area (Å²) in [5.41, 5.74) is 0. The molecule has 0 aromatic rings. The third kappa shape index (κ3) is 4.09. The van der Waals surface area contributed by atoms with E-state index < -0.39 is 12.1 Å². The van der Waals surface area contributed by atoms with Crippen molar-refractivity contribution < 1.29 is 22.8 Å². The molecule has 0 saturated carbocycles. The Labute approximate surface area is 121 Å². The van der Waals surface area contributed by atoms with E-state index in [1.54, 1.807) is 0 Å². The lowest BCUT2D eigenvalue weighted by molar-refractivity contribution is -0.186. The van der Waals surface area contributed by atoms with Crippen molar-refractivity contribution in [1.29, 1.82) is 0 Å². The Morgan fingerprint density at radius 2 is 1.71 bits per heavy atom. The molecule has 21 heavy (non-hydrogen) atoms. The van der Waals surface area contributed by atoms with Crippen LogP contribution in [0.5, 0.6) is 0 Å². The molecule has 2 saturated heterocycles. The number of rotatable bonds is 2. The standard InChI is InChI=1S/C13H20F3N3O2/c1-18-5-4-10(8-18)17-11(20)9-2-6-19(7-3-9)12(21)13(14,15)16/h9-10H,2-8H2,1H3,(H,17,20). The van der Waals surface area contributed by atoms with E-state index in [0.717, 1.165) is 24.4 Å². The molecule has 2 amide bonds. The minimum Gasteiger partial charge on any atom is -0.352 e. The normalized spacial score (nSPS) is 25.1. The van der Waals surface area contributed by atoms with E-state index in [9.17, 15) is 22.8 Å². The van der Waals surface area contributed by atoms with Gasteiger partial charge < -0.3 is 15.1 Å². The molecule has 120 valence electrons. The summed E-state index contributed by atoms with van der Waals surface area (Å²) in [6.45, 7) is 1.71. The first-order valence-corrected chi connectivity index (χ1v) is 7.12. The molecule has 8 heteroatoms. The maximum absolute atomic E-state index is 12.3. The van der Waals surface area contributed by atoms with Gasteiger partial charge in [-0.2, -0.15) is 13.2 Å². The van der Waals surface area contributed by atoms with E-state index in [1.165, 1.54) is 0 Å². The predicted molar refractivity (Wildman–Crippen MR) is 69.4 cm³/mol. The predicted octanol–water partition coefficient (Wildman–Crippen LogP) is 0.608. The lowest BCUT2D eigenvalue weighted by atomic mass is 9.95. The van der Waals surface area contributed by atoms with Crippen molar-refractivity contribution in [3.8, 4) is 0 Å². The molecule has 5 nitrogen and oxygen atoms in total. The first-order chi connectivity index (χ1) is 9.77. The second kappa shape index (κ2) is 6.21. The van der Waals surface area contributed by atoms with E-state index in [0.29, 0.717) is 0 Å². The van der Waals surface area contributed by atoms with Gasteiger partial charge in [0.05, 0.1) is 0 Å². The molecular formula is C13H20F3N3O2. The van der Waals surface area contributed by atoms with Gasteiger partial charge in [0.25, 0.3) is 0 Å². The second-order valence-corrected chi connectivity index (χ2v) is 5.82. The second-order valence-electron chi connectivity index (χ2n) is 5.82.